The molecule has 0 bridgehead atoms. The smallest absolute Gasteiger partial charge is 0.267 e. The molecule has 1 aliphatic heterocycles. The van der Waals surface area contributed by atoms with Crippen molar-refractivity contribution in [3.05, 3.63) is 64.9 Å². The number of carbonyl (C=O) groups is 2. The third kappa shape index (κ3) is 4.57. The average molecular weight is 458 g/mol. The van der Waals surface area contributed by atoms with Gasteiger partial charge in [-0.05, 0) is 55.5 Å². The molecule has 0 aliphatic carbocycles. The molecule has 2 heterocycles. The van der Waals surface area contributed by atoms with Crippen molar-refractivity contribution in [2.75, 3.05) is 24.1 Å². The molecule has 31 heavy (non-hydrogen) atoms. The third-order valence-electron chi connectivity index (χ3n) is 4.89. The quantitative estimate of drug-likeness (QED) is 0.614. The molecule has 1 fully saturated rings. The maximum atomic E-state index is 13.2. The van der Waals surface area contributed by atoms with Crippen LogP contribution in [0, 0.1) is 12.7 Å². The summed E-state index contributed by atoms with van der Waals surface area (Å²) in [6, 6.07) is 12.5. The van der Waals surface area contributed by atoms with E-state index in [1.54, 1.807) is 55.3 Å². The SMILES string of the molecule is COc1ccc(NC(=O)C2CSCN2C(=O)c2sc(-c3ccc(F)cc3)nc2C)cc1. The standard InChI is InChI=1S/C22H20FN3O3S2/c1-13-19(31-21(24-13)14-3-5-15(23)6-4-14)22(28)26-12-30-11-18(26)20(27)25-16-7-9-17(29-2)10-8-16/h3-10,18H,11-12H2,1-2H3,(H,25,27). The van der Waals surface area contributed by atoms with Crippen LogP contribution in [0.3, 0.4) is 0 Å². The molecule has 6 nitrogen and oxygen atoms in total. The lowest BCUT2D eigenvalue weighted by molar-refractivity contribution is -0.119. The second-order valence-electron chi connectivity index (χ2n) is 6.95. The van der Waals surface area contributed by atoms with E-state index in [0.717, 1.165) is 5.56 Å². The number of nitrogens with zero attached hydrogens (tertiary/aromatic N) is 2. The number of rotatable bonds is 5. The monoisotopic (exact) mass is 457 g/mol. The minimum Gasteiger partial charge on any atom is -0.497 e. The van der Waals surface area contributed by atoms with Gasteiger partial charge in [0, 0.05) is 17.0 Å². The number of amides is 2. The fourth-order valence-electron chi connectivity index (χ4n) is 3.20. The van der Waals surface area contributed by atoms with Crippen LogP contribution in [-0.4, -0.2) is 46.5 Å². The number of aromatic nitrogens is 1. The Bertz CT molecular complexity index is 1100. The summed E-state index contributed by atoms with van der Waals surface area (Å²) in [5.74, 6) is 0.878. The van der Waals surface area contributed by atoms with E-state index >= 15 is 0 Å². The molecule has 1 N–H and O–H groups in total. The zero-order valence-electron chi connectivity index (χ0n) is 16.9. The summed E-state index contributed by atoms with van der Waals surface area (Å²) < 4.78 is 18.3. The molecule has 0 saturated carbocycles. The summed E-state index contributed by atoms with van der Waals surface area (Å²) in [7, 11) is 1.58. The second-order valence-corrected chi connectivity index (χ2v) is 8.95. The molecule has 4 rings (SSSR count). The van der Waals surface area contributed by atoms with Crippen molar-refractivity contribution in [3.8, 4) is 16.3 Å². The molecule has 3 aromatic rings. The van der Waals surface area contributed by atoms with Crippen LogP contribution in [0.25, 0.3) is 10.6 Å². The number of ether oxygens (including phenoxy) is 1. The van der Waals surface area contributed by atoms with Gasteiger partial charge in [-0.15, -0.1) is 23.1 Å². The Hall–Kier alpha value is -2.91. The van der Waals surface area contributed by atoms with Crippen LogP contribution in [0.4, 0.5) is 10.1 Å². The van der Waals surface area contributed by atoms with Crippen LogP contribution < -0.4 is 10.1 Å². The highest BCUT2D eigenvalue weighted by Gasteiger charge is 2.36. The first kappa shape index (κ1) is 21.3. The number of hydrogen-bond donors (Lipinski definition) is 1. The average Bonchev–Trinajstić information content (AvgIpc) is 3.41. The number of halogens is 1. The highest BCUT2D eigenvalue weighted by molar-refractivity contribution is 7.99. The van der Waals surface area contributed by atoms with Crippen molar-refractivity contribution < 1.29 is 18.7 Å². The van der Waals surface area contributed by atoms with Gasteiger partial charge in [-0.1, -0.05) is 0 Å². The molecule has 2 aromatic carbocycles. The van der Waals surface area contributed by atoms with E-state index in [1.165, 1.54) is 35.2 Å². The maximum absolute atomic E-state index is 13.2. The van der Waals surface area contributed by atoms with Crippen molar-refractivity contribution in [3.63, 3.8) is 0 Å². The van der Waals surface area contributed by atoms with Gasteiger partial charge in [-0.3, -0.25) is 9.59 Å². The zero-order valence-corrected chi connectivity index (χ0v) is 18.6. The van der Waals surface area contributed by atoms with Gasteiger partial charge in [-0.25, -0.2) is 9.37 Å². The molecule has 1 atom stereocenters. The Morgan fingerprint density at radius 2 is 1.87 bits per heavy atom. The van der Waals surface area contributed by atoms with Gasteiger partial charge in [0.05, 0.1) is 18.7 Å². The molecule has 2 amide bonds. The second kappa shape index (κ2) is 9.07. The predicted molar refractivity (Wildman–Crippen MR) is 121 cm³/mol. The summed E-state index contributed by atoms with van der Waals surface area (Å²) in [6.45, 7) is 1.77. The molecule has 1 aliphatic rings. The van der Waals surface area contributed by atoms with E-state index in [0.29, 0.717) is 38.6 Å². The Labute approximate surface area is 187 Å². The van der Waals surface area contributed by atoms with Crippen molar-refractivity contribution in [2.24, 2.45) is 0 Å². The lowest BCUT2D eigenvalue weighted by Gasteiger charge is -2.22. The Kier molecular flexibility index (Phi) is 6.24. The van der Waals surface area contributed by atoms with E-state index < -0.39 is 6.04 Å². The molecule has 9 heteroatoms. The number of methoxy groups -OCH3 is 1. The molecule has 0 spiro atoms. The third-order valence-corrected chi connectivity index (χ3v) is 7.09. The number of aryl methyl sites for hydroxylation is 1. The van der Waals surface area contributed by atoms with Gasteiger partial charge in [-0.2, -0.15) is 0 Å². The van der Waals surface area contributed by atoms with Crippen molar-refractivity contribution in [2.45, 2.75) is 13.0 Å². The number of benzene rings is 2. The van der Waals surface area contributed by atoms with Gasteiger partial charge in [0.1, 0.15) is 27.5 Å². The molecule has 1 aromatic heterocycles. The van der Waals surface area contributed by atoms with Gasteiger partial charge in [0.2, 0.25) is 5.91 Å². The molecule has 1 saturated heterocycles. The molecular weight excluding hydrogens is 437 g/mol. The fourth-order valence-corrected chi connectivity index (χ4v) is 5.38. The van der Waals surface area contributed by atoms with Crippen LogP contribution in [0.5, 0.6) is 5.75 Å². The van der Waals surface area contributed by atoms with E-state index in [-0.39, 0.29) is 17.6 Å². The summed E-state index contributed by atoms with van der Waals surface area (Å²) in [6.07, 6.45) is 0. The van der Waals surface area contributed by atoms with Crippen LogP contribution in [0.1, 0.15) is 15.4 Å². The molecule has 1 unspecified atom stereocenters. The summed E-state index contributed by atoms with van der Waals surface area (Å²) in [5, 5.41) is 3.52. The first-order valence-electron chi connectivity index (χ1n) is 9.53. The number of thioether (sulfide) groups is 1. The van der Waals surface area contributed by atoms with Crippen molar-refractivity contribution in [1.82, 2.24) is 9.88 Å². The number of carbonyl (C=O) groups excluding carboxylic acids is 2. The summed E-state index contributed by atoms with van der Waals surface area (Å²) >= 11 is 2.79. The summed E-state index contributed by atoms with van der Waals surface area (Å²) in [4.78, 5) is 32.7. The van der Waals surface area contributed by atoms with Crippen molar-refractivity contribution in [1.29, 1.82) is 0 Å². The number of thiazole rings is 1. The van der Waals surface area contributed by atoms with Crippen LogP contribution in [0.2, 0.25) is 0 Å². The largest absolute Gasteiger partial charge is 0.497 e. The maximum Gasteiger partial charge on any atom is 0.267 e. The van der Waals surface area contributed by atoms with Crippen molar-refractivity contribution >= 4 is 40.6 Å². The van der Waals surface area contributed by atoms with E-state index in [2.05, 4.69) is 10.3 Å². The minimum absolute atomic E-state index is 0.219. The normalized spacial score (nSPS) is 15.7. The predicted octanol–water partition coefficient (Wildman–Crippen LogP) is 4.42. The molecular formula is C22H20FN3O3S2. The highest BCUT2D eigenvalue weighted by atomic mass is 32.2. The minimum atomic E-state index is -0.574. The van der Waals surface area contributed by atoms with E-state index in [4.69, 9.17) is 4.74 Å². The van der Waals surface area contributed by atoms with E-state index in [1.807, 2.05) is 0 Å². The highest BCUT2D eigenvalue weighted by Crippen LogP contribution is 2.32. The van der Waals surface area contributed by atoms with Crippen LogP contribution in [0.15, 0.2) is 48.5 Å². The number of hydrogen-bond acceptors (Lipinski definition) is 6. The van der Waals surface area contributed by atoms with Crippen LogP contribution in [-0.2, 0) is 4.79 Å². The van der Waals surface area contributed by atoms with Crippen LogP contribution >= 0.6 is 23.1 Å². The lowest BCUT2D eigenvalue weighted by Crippen LogP contribution is -2.44. The van der Waals surface area contributed by atoms with Gasteiger partial charge < -0.3 is 15.0 Å². The van der Waals surface area contributed by atoms with Gasteiger partial charge in [0.25, 0.3) is 5.91 Å². The first-order chi connectivity index (χ1) is 15.0. The topological polar surface area (TPSA) is 71.5 Å². The molecule has 0 radical (unpaired) electrons. The molecule has 160 valence electrons. The zero-order chi connectivity index (χ0) is 22.0. The van der Waals surface area contributed by atoms with Gasteiger partial charge >= 0.3 is 0 Å². The Balaban J connectivity index is 1.51. The number of nitrogens with one attached hydrogen (secondary N) is 1. The van der Waals surface area contributed by atoms with E-state index in [9.17, 15) is 14.0 Å². The lowest BCUT2D eigenvalue weighted by atomic mass is 10.2. The van der Waals surface area contributed by atoms with Gasteiger partial charge in [0.15, 0.2) is 0 Å². The fraction of sp³-hybridized carbons (Fsp3) is 0.227. The summed E-state index contributed by atoms with van der Waals surface area (Å²) in [5.41, 5.74) is 1.99. The Morgan fingerprint density at radius 1 is 1.16 bits per heavy atom. The number of anilines is 1. The Morgan fingerprint density at radius 3 is 2.55 bits per heavy atom. The first-order valence-corrected chi connectivity index (χ1v) is 11.5.